The molecule has 7 aliphatic heterocycles. The number of thioether (sulfide) groups is 2. The van der Waals surface area contributed by atoms with Gasteiger partial charge in [0.2, 0.25) is 0 Å². The van der Waals surface area contributed by atoms with Gasteiger partial charge in [-0.25, -0.2) is 0 Å². The molecular weight excluding hydrogens is 1760 g/mol. The first kappa shape index (κ1) is 107. The van der Waals surface area contributed by atoms with Crippen molar-refractivity contribution >= 4 is 23.5 Å². The monoisotopic (exact) mass is 1940 g/mol. The van der Waals surface area contributed by atoms with Gasteiger partial charge in [0, 0.05) is 110 Å². The number of allylic oxidation sites excluding steroid dienone is 10. The number of rotatable bonds is 18. The number of phenols is 5. The molecule has 0 amide bonds. The molecule has 7 heterocycles. The molecule has 21 rings (SSSR count). The predicted molar refractivity (Wildman–Crippen MR) is 579 cm³/mol. The van der Waals surface area contributed by atoms with Crippen LogP contribution in [0.2, 0.25) is 0 Å². The van der Waals surface area contributed by atoms with E-state index in [0.717, 1.165) is 157 Å². The smallest absolute Gasteiger partial charge is 0.195 e. The second-order valence-corrected chi connectivity index (χ2v) is 53.1. The van der Waals surface area contributed by atoms with E-state index in [9.17, 15) is 25.5 Å². The van der Waals surface area contributed by atoms with Crippen molar-refractivity contribution in [1.29, 1.82) is 0 Å². The van der Waals surface area contributed by atoms with E-state index in [1.165, 1.54) is 171 Å². The summed E-state index contributed by atoms with van der Waals surface area (Å²) in [7, 11) is 0. The van der Waals surface area contributed by atoms with Gasteiger partial charge >= 0.3 is 0 Å². The zero-order chi connectivity index (χ0) is 98.0. The highest BCUT2D eigenvalue weighted by atomic mass is 32.2. The number of fused-ring (bicyclic) bond motifs is 19. The van der Waals surface area contributed by atoms with Gasteiger partial charge in [0.25, 0.3) is 0 Å². The minimum atomic E-state index is -0.757. The summed E-state index contributed by atoms with van der Waals surface area (Å²) < 4.78 is 44.9. The number of aryl methyl sites for hydroxylation is 1. The third kappa shape index (κ3) is 19.9. The van der Waals surface area contributed by atoms with E-state index >= 15 is 0 Å². The molecule has 4 saturated carbocycles. The SMILES string of the molecule is C.C.CC1=CC[C@@H]2[C@@H](C1)c1c(O)cc(C3CC4CCC3(C)C4(C)C)cc1OC2(C)C.CC1=CC[C@@H]2[C@@H](C1)c1c(O)cc(C3CC4CCC3(C)C4(C)C)cc1OC2(C)C.CCCCCCC1(c2cc(O)c3c(c2)OC(C)(C)[C@@H]2CC=C(C)C[C@@H]32)OCCO1.CCCCCCC1(c2cc(O)c3c(c2)OC(C)(C)[C@@H]2CC=C(C)C[C@@H]32)SCCS1.CCCCCc1cc(O)c2c(c1)OC(C)(C)[C@@H]1CC=C(C)C[C@@H]21. The Morgan fingerprint density at radius 1 is 0.338 bits per heavy atom. The van der Waals surface area contributed by atoms with Crippen molar-refractivity contribution in [3.63, 3.8) is 0 Å². The van der Waals surface area contributed by atoms with E-state index < -0.39 is 5.79 Å². The largest absolute Gasteiger partial charge is 0.508 e. The molecular formula is C125H182O12S2. The number of phenolic OH excluding ortho intramolecular Hbond substituents is 5. The van der Waals surface area contributed by atoms with Crippen molar-refractivity contribution in [2.75, 3.05) is 24.7 Å². The van der Waals surface area contributed by atoms with Gasteiger partial charge in [-0.1, -0.05) is 193 Å². The van der Waals surface area contributed by atoms with Gasteiger partial charge in [-0.3, -0.25) is 0 Å². The molecule has 766 valence electrons. The molecule has 5 aromatic carbocycles. The molecule has 9 aliphatic carbocycles. The molecule has 0 spiro atoms. The van der Waals surface area contributed by atoms with Gasteiger partial charge in [0.1, 0.15) is 85.5 Å². The fourth-order valence-electron chi connectivity index (χ4n) is 30.3. The van der Waals surface area contributed by atoms with Crippen molar-refractivity contribution in [3.8, 4) is 57.5 Å². The molecule has 0 radical (unpaired) electrons. The van der Waals surface area contributed by atoms with Crippen molar-refractivity contribution in [3.05, 3.63) is 175 Å². The third-order valence-corrected chi connectivity index (χ3v) is 42.8. The first-order valence-electron chi connectivity index (χ1n) is 54.4. The van der Waals surface area contributed by atoms with Crippen LogP contribution in [0.3, 0.4) is 0 Å². The average Bonchev–Trinajstić information content (AvgIpc) is 1.73. The van der Waals surface area contributed by atoms with Gasteiger partial charge in [-0.05, 0) is 361 Å². The molecule has 4 bridgehead atoms. The van der Waals surface area contributed by atoms with Crippen LogP contribution in [0.15, 0.2) is 119 Å². The zero-order valence-corrected chi connectivity index (χ0v) is 90.3. The molecule has 12 nitrogen and oxygen atoms in total. The summed E-state index contributed by atoms with van der Waals surface area (Å²) in [5, 5.41) is 55.4. The summed E-state index contributed by atoms with van der Waals surface area (Å²) >= 11 is 4.14. The molecule has 6 fully saturated rings. The van der Waals surface area contributed by atoms with Crippen LogP contribution < -0.4 is 23.7 Å². The number of hydrogen-bond donors (Lipinski definition) is 5. The molecule has 16 aliphatic rings. The van der Waals surface area contributed by atoms with Crippen LogP contribution in [0.5, 0.6) is 57.5 Å². The first-order valence-corrected chi connectivity index (χ1v) is 56.3. The maximum Gasteiger partial charge on any atom is 0.195 e. The zero-order valence-electron chi connectivity index (χ0n) is 88.7. The summed E-state index contributed by atoms with van der Waals surface area (Å²) in [6, 6.07) is 21.2. The van der Waals surface area contributed by atoms with Crippen LogP contribution in [0.1, 0.15) is 464 Å². The lowest BCUT2D eigenvalue weighted by atomic mass is 9.64. The molecule has 0 aromatic heterocycles. The highest BCUT2D eigenvalue weighted by molar-refractivity contribution is 8.20. The molecule has 6 unspecified atom stereocenters. The number of hydrogen-bond acceptors (Lipinski definition) is 14. The molecule has 14 heteroatoms. The number of unbranched alkanes of at least 4 members (excludes halogenated alkanes) is 8. The van der Waals surface area contributed by atoms with Gasteiger partial charge in [-0.15, -0.1) is 23.5 Å². The molecule has 2 saturated heterocycles. The fourth-order valence-corrected chi connectivity index (χ4v) is 33.6. The average molecular weight is 1940 g/mol. The summed E-state index contributed by atoms with van der Waals surface area (Å²) in [4.78, 5) is 0. The van der Waals surface area contributed by atoms with E-state index in [2.05, 4.69) is 269 Å². The Labute approximate surface area is 849 Å². The number of benzene rings is 5. The van der Waals surface area contributed by atoms with Gasteiger partial charge in [-0.2, -0.15) is 0 Å². The predicted octanol–water partition coefficient (Wildman–Crippen LogP) is 34.7. The van der Waals surface area contributed by atoms with Crippen LogP contribution in [0.25, 0.3) is 0 Å². The van der Waals surface area contributed by atoms with Crippen LogP contribution in [-0.4, -0.2) is 78.3 Å². The Balaban J connectivity index is 0.000000131. The van der Waals surface area contributed by atoms with Crippen LogP contribution in [0, 0.1) is 63.1 Å². The third-order valence-electron chi connectivity index (χ3n) is 39.2. The molecule has 5 aromatic rings. The van der Waals surface area contributed by atoms with E-state index in [1.807, 2.05) is 12.1 Å². The van der Waals surface area contributed by atoms with E-state index in [-0.39, 0.29) is 46.9 Å². The minimum absolute atomic E-state index is 0. The van der Waals surface area contributed by atoms with Crippen LogP contribution >= 0.6 is 23.5 Å². The van der Waals surface area contributed by atoms with Gasteiger partial charge in [0.05, 0.1) is 17.3 Å². The van der Waals surface area contributed by atoms with Crippen molar-refractivity contribution in [2.45, 2.75) is 453 Å². The van der Waals surface area contributed by atoms with Gasteiger partial charge in [0.15, 0.2) is 5.79 Å². The van der Waals surface area contributed by atoms with Crippen molar-refractivity contribution in [2.24, 2.45) is 63.1 Å². The Bertz CT molecular complexity index is 5140. The first-order chi connectivity index (χ1) is 64.7. The number of ether oxygens (including phenoxy) is 7. The second-order valence-electron chi connectivity index (χ2n) is 50.1. The van der Waals surface area contributed by atoms with Crippen LogP contribution in [-0.2, 0) is 25.8 Å². The summed E-state index contributed by atoms with van der Waals surface area (Å²) in [6.07, 6.45) is 46.3. The lowest BCUT2D eigenvalue weighted by Crippen LogP contribution is -2.45. The lowest BCUT2D eigenvalue weighted by Gasteiger charge is -2.47. The van der Waals surface area contributed by atoms with E-state index in [4.69, 9.17) is 33.2 Å². The Morgan fingerprint density at radius 2 is 0.640 bits per heavy atom. The van der Waals surface area contributed by atoms with E-state index in [1.54, 1.807) is 0 Å². The molecule has 16 atom stereocenters. The summed E-state index contributed by atoms with van der Waals surface area (Å²) in [6.45, 7) is 55.9. The van der Waals surface area contributed by atoms with E-state index in [0.29, 0.717) is 135 Å². The second kappa shape index (κ2) is 40.7. The maximum absolute atomic E-state index is 11.2. The molecule has 5 N–H and O–H groups in total. The van der Waals surface area contributed by atoms with Crippen molar-refractivity contribution in [1.82, 2.24) is 0 Å². The fraction of sp³-hybridized carbons (Fsp3) is 0.680. The van der Waals surface area contributed by atoms with Crippen LogP contribution in [0.4, 0.5) is 0 Å². The topological polar surface area (TPSA) is 166 Å². The summed E-state index contributed by atoms with van der Waals surface area (Å²) in [5.41, 5.74) is 18.6. The van der Waals surface area contributed by atoms with Crippen molar-refractivity contribution < 1.29 is 58.7 Å². The highest BCUT2D eigenvalue weighted by Gasteiger charge is 2.64. The highest BCUT2D eigenvalue weighted by Crippen LogP contribution is 2.74. The summed E-state index contributed by atoms with van der Waals surface area (Å²) in [5.74, 6) is 14.8. The lowest BCUT2D eigenvalue weighted by molar-refractivity contribution is -0.172. The normalized spacial score (nSPS) is 31.4. The number of aromatic hydroxyl groups is 5. The quantitative estimate of drug-likeness (QED) is 0.0416. The Morgan fingerprint density at radius 3 is 0.971 bits per heavy atom. The standard InChI is InChI=1S/2C26H36O2.C25H36O4.C25H36O2S2.C21H30O2.2CH4/c2*1-15-7-8-19-18(11-15)23-21(27)12-16(13-22(23)28-25(19,4)5)20-14-17-9-10-26(20,6)24(17,2)3;1-5-6-7-8-11-25(27-12-13-28-25)18-15-21(26)23-19-14-17(2)9-10-20(19)24(3,4)29-22(23)16-18;1-5-6-7-8-11-25(28-12-13-29-25)18-15-21(26)23-19-14-17(2)9-10-20(19)24(3,4)27-22(23)16-18;1-5-6-7-8-15-12-18(22)20-16-11-14(2)9-10-17(16)21(3,4)23-19(20)13-15;;/h2*7,12-13,17-20,27H,8-11,14H2,1-6H3;2*9,15-16,19-20,26H,5-8,10-14H2,1-4H3;9,12-13,16-17,22H,5-8,10-11H2,1-4H3;2*1H4/t2*17?,18-,19-,20?,26?;2*19-,20-;16-,17-;;/m11111../s1. The van der Waals surface area contributed by atoms with Gasteiger partial charge < -0.3 is 58.7 Å². The Hall–Kier alpha value is -6.58. The Kier molecular flexibility index (Phi) is 31.2. The molecule has 139 heavy (non-hydrogen) atoms. The minimum Gasteiger partial charge on any atom is -0.508 e. The maximum atomic E-state index is 11.2.